The van der Waals surface area contributed by atoms with Crippen molar-refractivity contribution in [1.82, 2.24) is 15.1 Å². The van der Waals surface area contributed by atoms with Gasteiger partial charge in [-0.3, -0.25) is 9.69 Å². The lowest BCUT2D eigenvalue weighted by Gasteiger charge is -2.43. The molecule has 0 unspecified atom stereocenters. The van der Waals surface area contributed by atoms with Gasteiger partial charge in [0.1, 0.15) is 5.76 Å². The molecule has 0 atom stereocenters. The highest BCUT2D eigenvalue weighted by Crippen LogP contribution is 2.26. The van der Waals surface area contributed by atoms with Crippen molar-refractivity contribution in [3.8, 4) is 0 Å². The van der Waals surface area contributed by atoms with Crippen LogP contribution in [-0.2, 0) is 4.79 Å². The lowest BCUT2D eigenvalue weighted by Crippen LogP contribution is -2.57. The second kappa shape index (κ2) is 7.74. The van der Waals surface area contributed by atoms with Gasteiger partial charge in [0.05, 0.1) is 19.4 Å². The molecule has 2 aliphatic rings. The Morgan fingerprint density at radius 3 is 2.88 bits per heavy atom. The number of hydrogen-bond donors (Lipinski definition) is 2. The minimum atomic E-state index is -0.806. The number of hydrogen-bond acceptors (Lipinski definition) is 4. The van der Waals surface area contributed by atoms with Crippen LogP contribution in [0.15, 0.2) is 28.9 Å². The minimum absolute atomic E-state index is 0.0538. The summed E-state index contributed by atoms with van der Waals surface area (Å²) in [6, 6.07) is 4.07. The van der Waals surface area contributed by atoms with E-state index in [1.165, 1.54) is 0 Å². The van der Waals surface area contributed by atoms with Crippen molar-refractivity contribution in [2.45, 2.75) is 38.3 Å². The fraction of sp³-hybridized carbons (Fsp3) is 0.556. The summed E-state index contributed by atoms with van der Waals surface area (Å²) in [6.07, 6.45) is 6.19. The van der Waals surface area contributed by atoms with Gasteiger partial charge in [0, 0.05) is 24.2 Å². The van der Waals surface area contributed by atoms with E-state index in [9.17, 15) is 9.59 Å². The highest BCUT2D eigenvalue weighted by molar-refractivity contribution is 5.78. The topological polar surface area (TPSA) is 86.0 Å². The van der Waals surface area contributed by atoms with E-state index in [1.807, 2.05) is 24.0 Å². The van der Waals surface area contributed by atoms with Crippen molar-refractivity contribution in [3.63, 3.8) is 0 Å². The molecule has 1 aliphatic carbocycles. The molecule has 2 N–H and O–H groups in total. The third-order valence-electron chi connectivity index (χ3n) is 4.98. The van der Waals surface area contributed by atoms with E-state index in [0.717, 1.165) is 30.6 Å². The van der Waals surface area contributed by atoms with E-state index >= 15 is 0 Å². The molecule has 25 heavy (non-hydrogen) atoms. The van der Waals surface area contributed by atoms with Crippen LogP contribution in [0, 0.1) is 0 Å². The molecule has 0 bridgehead atoms. The quantitative estimate of drug-likeness (QED) is 0.822. The summed E-state index contributed by atoms with van der Waals surface area (Å²) in [5.74, 6) is 0.00774. The number of nitrogens with one attached hydrogen (secondary N) is 1. The molecule has 1 fully saturated rings. The van der Waals surface area contributed by atoms with Crippen LogP contribution in [0.5, 0.6) is 0 Å². The van der Waals surface area contributed by atoms with Gasteiger partial charge in [0.2, 0.25) is 0 Å². The molecule has 0 saturated heterocycles. The third-order valence-corrected chi connectivity index (χ3v) is 4.98. The minimum Gasteiger partial charge on any atom is -0.480 e. The van der Waals surface area contributed by atoms with E-state index in [1.54, 1.807) is 11.2 Å². The number of furan rings is 1. The molecule has 136 valence electrons. The number of aliphatic carboxylic acids is 1. The Morgan fingerprint density at radius 2 is 2.24 bits per heavy atom. The molecule has 0 spiro atoms. The molecule has 1 saturated carbocycles. The molecule has 1 aromatic heterocycles. The first-order valence-electron chi connectivity index (χ1n) is 8.81. The Hall–Kier alpha value is -2.28. The molecule has 3 rings (SSSR count). The van der Waals surface area contributed by atoms with Crippen LogP contribution >= 0.6 is 0 Å². The van der Waals surface area contributed by atoms with Crippen molar-refractivity contribution < 1.29 is 19.1 Å². The van der Waals surface area contributed by atoms with Crippen molar-refractivity contribution in [2.75, 3.05) is 26.2 Å². The normalized spacial score (nSPS) is 23.1. The van der Waals surface area contributed by atoms with Crippen LogP contribution in [0.4, 0.5) is 4.79 Å². The average molecular weight is 347 g/mol. The monoisotopic (exact) mass is 347 g/mol. The number of nitrogens with zero attached hydrogens (tertiary/aromatic N) is 2. The largest absolute Gasteiger partial charge is 0.480 e. The molecule has 1 aromatic rings. The van der Waals surface area contributed by atoms with E-state index in [-0.39, 0.29) is 24.7 Å². The Labute approximate surface area is 147 Å². The van der Waals surface area contributed by atoms with Gasteiger partial charge in [-0.25, -0.2) is 4.79 Å². The fourth-order valence-electron chi connectivity index (χ4n) is 3.50. The summed E-state index contributed by atoms with van der Waals surface area (Å²) in [5.41, 5.74) is 1.04. The number of rotatable bonds is 6. The highest BCUT2D eigenvalue weighted by Gasteiger charge is 2.35. The number of carboxylic acids is 1. The first-order valence-corrected chi connectivity index (χ1v) is 8.81. The van der Waals surface area contributed by atoms with Gasteiger partial charge < -0.3 is 19.7 Å². The predicted molar refractivity (Wildman–Crippen MR) is 93.1 cm³/mol. The molecule has 7 heteroatoms. The second-order valence-electron chi connectivity index (χ2n) is 6.65. The van der Waals surface area contributed by atoms with E-state index in [2.05, 4.69) is 11.4 Å². The van der Waals surface area contributed by atoms with Crippen LogP contribution < -0.4 is 5.32 Å². The first kappa shape index (κ1) is 17.5. The summed E-state index contributed by atoms with van der Waals surface area (Å²) in [6.45, 7) is 3.99. The maximum absolute atomic E-state index is 12.5. The zero-order valence-electron chi connectivity index (χ0n) is 14.5. The van der Waals surface area contributed by atoms with Gasteiger partial charge in [0.15, 0.2) is 0 Å². The van der Waals surface area contributed by atoms with E-state index in [0.29, 0.717) is 19.6 Å². The van der Waals surface area contributed by atoms with Crippen LogP contribution in [0.1, 0.15) is 31.9 Å². The van der Waals surface area contributed by atoms with Gasteiger partial charge in [0.25, 0.3) is 0 Å². The van der Waals surface area contributed by atoms with Gasteiger partial charge >= 0.3 is 12.0 Å². The molecule has 2 heterocycles. The Kier molecular flexibility index (Phi) is 5.43. The smallest absolute Gasteiger partial charge is 0.317 e. The van der Waals surface area contributed by atoms with Crippen molar-refractivity contribution in [1.29, 1.82) is 0 Å². The van der Waals surface area contributed by atoms with Crippen molar-refractivity contribution in [3.05, 3.63) is 30.2 Å². The molecule has 2 amide bonds. The predicted octanol–water partition coefficient (Wildman–Crippen LogP) is 2.02. The lowest BCUT2D eigenvalue weighted by atomic mass is 9.85. The Balaban J connectivity index is 1.46. The third kappa shape index (κ3) is 4.22. The maximum atomic E-state index is 12.5. The summed E-state index contributed by atoms with van der Waals surface area (Å²) in [4.78, 5) is 27.1. The Morgan fingerprint density at radius 1 is 1.44 bits per heavy atom. The average Bonchev–Trinajstić information content (AvgIpc) is 3.10. The summed E-state index contributed by atoms with van der Waals surface area (Å²) >= 11 is 0. The SMILES string of the molecule is CCN(CC(=O)O)C1CC(NC(=O)N2CCC=C(c3ccco3)C2)C1. The molecule has 0 radical (unpaired) electrons. The molecule has 1 aliphatic heterocycles. The summed E-state index contributed by atoms with van der Waals surface area (Å²) in [7, 11) is 0. The standard InChI is InChI=1S/C18H25N3O4/c1-2-20(12-17(22)23)15-9-14(10-15)19-18(24)21-7-3-5-13(11-21)16-6-4-8-25-16/h4-6,8,14-15H,2-3,7,9-12H2,1H3,(H,19,24)(H,22,23). The molecule has 0 aromatic carbocycles. The van der Waals surface area contributed by atoms with Gasteiger partial charge in [-0.2, -0.15) is 0 Å². The van der Waals surface area contributed by atoms with Gasteiger partial charge in [-0.05, 0) is 37.9 Å². The molecule has 7 nitrogen and oxygen atoms in total. The van der Waals surface area contributed by atoms with Gasteiger partial charge in [-0.15, -0.1) is 0 Å². The Bertz CT molecular complexity index is 635. The van der Waals surface area contributed by atoms with Gasteiger partial charge in [-0.1, -0.05) is 13.0 Å². The summed E-state index contributed by atoms with van der Waals surface area (Å²) < 4.78 is 5.42. The molecular formula is C18H25N3O4. The van der Waals surface area contributed by atoms with Crippen molar-refractivity contribution in [2.24, 2.45) is 0 Å². The second-order valence-corrected chi connectivity index (χ2v) is 6.65. The van der Waals surface area contributed by atoms with E-state index < -0.39 is 5.97 Å². The number of urea groups is 1. The zero-order chi connectivity index (χ0) is 17.8. The van der Waals surface area contributed by atoms with Crippen LogP contribution in [0.25, 0.3) is 5.57 Å². The van der Waals surface area contributed by atoms with Crippen LogP contribution in [0.3, 0.4) is 0 Å². The fourth-order valence-corrected chi connectivity index (χ4v) is 3.50. The zero-order valence-corrected chi connectivity index (χ0v) is 14.5. The summed E-state index contributed by atoms with van der Waals surface area (Å²) in [5, 5.41) is 12.0. The number of carbonyl (C=O) groups is 2. The highest BCUT2D eigenvalue weighted by atomic mass is 16.4. The molecular weight excluding hydrogens is 322 g/mol. The van der Waals surface area contributed by atoms with Crippen LogP contribution in [-0.4, -0.2) is 65.2 Å². The number of amides is 2. The lowest BCUT2D eigenvalue weighted by molar-refractivity contribution is -0.139. The first-order chi connectivity index (χ1) is 12.1. The van der Waals surface area contributed by atoms with E-state index in [4.69, 9.17) is 9.52 Å². The number of likely N-dealkylation sites (N-methyl/N-ethyl adjacent to an activating group) is 1. The number of carboxylic acid groups (broad SMARTS) is 1. The van der Waals surface area contributed by atoms with Crippen LogP contribution in [0.2, 0.25) is 0 Å². The number of carbonyl (C=O) groups excluding carboxylic acids is 1. The van der Waals surface area contributed by atoms with Crippen molar-refractivity contribution >= 4 is 17.6 Å². The maximum Gasteiger partial charge on any atom is 0.317 e.